The highest BCUT2D eigenvalue weighted by molar-refractivity contribution is 5.83. The number of nitrogens with one attached hydrogen (secondary N) is 2. The van der Waals surface area contributed by atoms with E-state index >= 15 is 0 Å². The summed E-state index contributed by atoms with van der Waals surface area (Å²) in [5.41, 5.74) is 0.936. The number of ether oxygens (including phenoxy) is 1. The van der Waals surface area contributed by atoms with Gasteiger partial charge in [-0.1, -0.05) is 63.4 Å². The van der Waals surface area contributed by atoms with Crippen LogP contribution in [0.4, 0.5) is 4.79 Å². The van der Waals surface area contributed by atoms with E-state index in [-0.39, 0.29) is 30.6 Å². The summed E-state index contributed by atoms with van der Waals surface area (Å²) in [5.74, 6) is -0.0967. The number of hydrogen-bond acceptors (Lipinski definition) is 3. The number of hydrogen-bond donors (Lipinski definition) is 2. The number of urea groups is 1. The number of amides is 2. The van der Waals surface area contributed by atoms with Crippen LogP contribution in [0.5, 0.6) is 0 Å². The van der Waals surface area contributed by atoms with Crippen molar-refractivity contribution < 1.29 is 14.3 Å². The SMILES string of the molecule is CC(C)CC(NC(=O)NC1CCCCC1)C(=O)OCc1ccccc1. The van der Waals surface area contributed by atoms with Crippen molar-refractivity contribution in [1.82, 2.24) is 10.6 Å². The van der Waals surface area contributed by atoms with Crippen LogP contribution in [0.1, 0.15) is 57.9 Å². The van der Waals surface area contributed by atoms with Crippen LogP contribution in [-0.2, 0) is 16.1 Å². The molecule has 2 rings (SSSR count). The van der Waals surface area contributed by atoms with E-state index in [1.807, 2.05) is 44.2 Å². The average Bonchev–Trinajstić information content (AvgIpc) is 2.60. The Morgan fingerprint density at radius 2 is 1.80 bits per heavy atom. The lowest BCUT2D eigenvalue weighted by Gasteiger charge is -2.25. The van der Waals surface area contributed by atoms with Gasteiger partial charge in [-0.15, -0.1) is 0 Å². The number of rotatable bonds is 7. The van der Waals surface area contributed by atoms with E-state index in [0.29, 0.717) is 6.42 Å². The van der Waals surface area contributed by atoms with Crippen molar-refractivity contribution >= 4 is 12.0 Å². The Bertz CT molecular complexity index is 539. The molecule has 1 aliphatic carbocycles. The summed E-state index contributed by atoms with van der Waals surface area (Å²) >= 11 is 0. The molecule has 1 aliphatic rings. The summed E-state index contributed by atoms with van der Waals surface area (Å²) in [4.78, 5) is 24.7. The summed E-state index contributed by atoms with van der Waals surface area (Å²) < 4.78 is 5.40. The van der Waals surface area contributed by atoms with Gasteiger partial charge in [-0.05, 0) is 30.7 Å². The van der Waals surface area contributed by atoms with Gasteiger partial charge in [0.15, 0.2) is 0 Å². The molecular weight excluding hydrogens is 316 g/mol. The fraction of sp³-hybridized carbons (Fsp3) is 0.600. The van der Waals surface area contributed by atoms with E-state index in [0.717, 1.165) is 31.2 Å². The average molecular weight is 346 g/mol. The maximum absolute atomic E-state index is 12.4. The van der Waals surface area contributed by atoms with E-state index in [2.05, 4.69) is 10.6 Å². The molecule has 0 heterocycles. The summed E-state index contributed by atoms with van der Waals surface area (Å²) in [7, 11) is 0. The van der Waals surface area contributed by atoms with Crippen molar-refractivity contribution in [1.29, 1.82) is 0 Å². The van der Waals surface area contributed by atoms with Crippen molar-refractivity contribution in [3.8, 4) is 0 Å². The van der Waals surface area contributed by atoms with Crippen LogP contribution in [0, 0.1) is 5.92 Å². The van der Waals surface area contributed by atoms with Gasteiger partial charge in [0.2, 0.25) is 0 Å². The largest absolute Gasteiger partial charge is 0.459 e. The molecule has 0 spiro atoms. The maximum Gasteiger partial charge on any atom is 0.329 e. The topological polar surface area (TPSA) is 67.4 Å². The third-order valence-electron chi connectivity index (χ3n) is 4.46. The zero-order valence-corrected chi connectivity index (χ0v) is 15.3. The second-order valence-corrected chi connectivity index (χ2v) is 7.23. The fourth-order valence-electron chi connectivity index (χ4n) is 3.15. The second-order valence-electron chi connectivity index (χ2n) is 7.23. The molecule has 0 bridgehead atoms. The molecule has 0 aromatic heterocycles. The molecule has 138 valence electrons. The Hall–Kier alpha value is -2.04. The minimum Gasteiger partial charge on any atom is -0.459 e. The Morgan fingerprint density at radius 1 is 1.12 bits per heavy atom. The quantitative estimate of drug-likeness (QED) is 0.738. The second kappa shape index (κ2) is 10.1. The Morgan fingerprint density at radius 3 is 2.44 bits per heavy atom. The third-order valence-corrected chi connectivity index (χ3v) is 4.46. The Labute approximate surface area is 150 Å². The highest BCUT2D eigenvalue weighted by Gasteiger charge is 2.25. The van der Waals surface area contributed by atoms with Crippen molar-refractivity contribution in [2.75, 3.05) is 0 Å². The van der Waals surface area contributed by atoms with Crippen molar-refractivity contribution in [2.24, 2.45) is 5.92 Å². The molecule has 1 atom stereocenters. The monoisotopic (exact) mass is 346 g/mol. The molecule has 0 aliphatic heterocycles. The van der Waals surface area contributed by atoms with E-state index in [1.165, 1.54) is 6.42 Å². The molecule has 1 saturated carbocycles. The summed E-state index contributed by atoms with van der Waals surface area (Å²) in [5, 5.41) is 5.80. The number of benzene rings is 1. The third kappa shape index (κ3) is 7.16. The highest BCUT2D eigenvalue weighted by Crippen LogP contribution is 2.17. The first kappa shape index (κ1) is 19.3. The van der Waals surface area contributed by atoms with E-state index in [1.54, 1.807) is 0 Å². The maximum atomic E-state index is 12.4. The predicted molar refractivity (Wildman–Crippen MR) is 98.0 cm³/mol. The van der Waals surface area contributed by atoms with Gasteiger partial charge < -0.3 is 15.4 Å². The van der Waals surface area contributed by atoms with Gasteiger partial charge in [0.05, 0.1) is 0 Å². The van der Waals surface area contributed by atoms with Crippen LogP contribution in [0.3, 0.4) is 0 Å². The normalized spacial score (nSPS) is 16.3. The van der Waals surface area contributed by atoms with Gasteiger partial charge in [-0.25, -0.2) is 9.59 Å². The molecule has 1 aromatic rings. The fourth-order valence-corrected chi connectivity index (χ4v) is 3.15. The van der Waals surface area contributed by atoms with Crippen LogP contribution in [0.2, 0.25) is 0 Å². The first-order chi connectivity index (χ1) is 12.0. The predicted octanol–water partition coefficient (Wildman–Crippen LogP) is 3.78. The highest BCUT2D eigenvalue weighted by atomic mass is 16.5. The molecular formula is C20H30N2O3. The van der Waals surface area contributed by atoms with Crippen LogP contribution in [0.15, 0.2) is 30.3 Å². The summed E-state index contributed by atoms with van der Waals surface area (Å²) in [6.07, 6.45) is 6.13. The Balaban J connectivity index is 1.85. The molecule has 2 amide bonds. The van der Waals surface area contributed by atoms with Gasteiger partial charge in [-0.3, -0.25) is 0 Å². The molecule has 1 fully saturated rings. The number of carbonyl (C=O) groups excluding carboxylic acids is 2. The minimum atomic E-state index is -0.618. The summed E-state index contributed by atoms with van der Waals surface area (Å²) in [6.45, 7) is 4.27. The van der Waals surface area contributed by atoms with Crippen LogP contribution < -0.4 is 10.6 Å². The molecule has 0 saturated heterocycles. The molecule has 1 unspecified atom stereocenters. The lowest BCUT2D eigenvalue weighted by atomic mass is 9.96. The van der Waals surface area contributed by atoms with E-state index in [4.69, 9.17) is 4.74 Å². The number of esters is 1. The molecule has 5 heteroatoms. The molecule has 1 aromatic carbocycles. The van der Waals surface area contributed by atoms with E-state index < -0.39 is 6.04 Å². The number of carbonyl (C=O) groups is 2. The van der Waals surface area contributed by atoms with Crippen LogP contribution in [0.25, 0.3) is 0 Å². The van der Waals surface area contributed by atoms with Gasteiger partial charge in [-0.2, -0.15) is 0 Å². The van der Waals surface area contributed by atoms with Gasteiger partial charge in [0.25, 0.3) is 0 Å². The standard InChI is InChI=1S/C20H30N2O3/c1-15(2)13-18(19(23)25-14-16-9-5-3-6-10-16)22-20(24)21-17-11-7-4-8-12-17/h3,5-6,9-10,15,17-18H,4,7-8,11-14H2,1-2H3,(H2,21,22,24). The molecule has 2 N–H and O–H groups in total. The Kier molecular flexibility index (Phi) is 7.76. The first-order valence-corrected chi connectivity index (χ1v) is 9.32. The molecule has 0 radical (unpaired) electrons. The van der Waals surface area contributed by atoms with Gasteiger partial charge in [0, 0.05) is 6.04 Å². The van der Waals surface area contributed by atoms with Crippen molar-refractivity contribution in [3.05, 3.63) is 35.9 Å². The van der Waals surface area contributed by atoms with Crippen molar-refractivity contribution in [3.63, 3.8) is 0 Å². The van der Waals surface area contributed by atoms with Gasteiger partial charge >= 0.3 is 12.0 Å². The molecule has 25 heavy (non-hydrogen) atoms. The minimum absolute atomic E-state index is 0.216. The zero-order chi connectivity index (χ0) is 18.1. The summed E-state index contributed by atoms with van der Waals surface area (Å²) in [6, 6.07) is 8.89. The van der Waals surface area contributed by atoms with Crippen LogP contribution >= 0.6 is 0 Å². The molecule has 5 nitrogen and oxygen atoms in total. The first-order valence-electron chi connectivity index (χ1n) is 9.32. The lowest BCUT2D eigenvalue weighted by molar-refractivity contribution is -0.147. The van der Waals surface area contributed by atoms with Crippen molar-refractivity contribution in [2.45, 2.75) is 71.1 Å². The van der Waals surface area contributed by atoms with E-state index in [9.17, 15) is 9.59 Å². The smallest absolute Gasteiger partial charge is 0.329 e. The zero-order valence-electron chi connectivity index (χ0n) is 15.3. The lowest BCUT2D eigenvalue weighted by Crippen LogP contribution is -2.50. The van der Waals surface area contributed by atoms with Crippen LogP contribution in [-0.4, -0.2) is 24.1 Å². The van der Waals surface area contributed by atoms with Gasteiger partial charge in [0.1, 0.15) is 12.6 Å².